The SMILES string of the molecule is O=Cc1cccn2c(C3CCCCN3)ncc12. The number of hydrogen-bond acceptors (Lipinski definition) is 3. The minimum Gasteiger partial charge on any atom is -0.307 e. The zero-order chi connectivity index (χ0) is 11.7. The molecule has 2 aromatic rings. The molecule has 1 aliphatic heterocycles. The lowest BCUT2D eigenvalue weighted by molar-refractivity contribution is 0.112. The lowest BCUT2D eigenvalue weighted by Crippen LogP contribution is -2.28. The Morgan fingerprint density at radius 1 is 1.47 bits per heavy atom. The van der Waals surface area contributed by atoms with Crippen LogP contribution in [-0.4, -0.2) is 22.2 Å². The highest BCUT2D eigenvalue weighted by Gasteiger charge is 2.19. The van der Waals surface area contributed by atoms with Crippen molar-refractivity contribution in [2.75, 3.05) is 6.54 Å². The maximum absolute atomic E-state index is 10.9. The molecule has 0 amide bonds. The fraction of sp³-hybridized carbons (Fsp3) is 0.385. The second kappa shape index (κ2) is 4.30. The van der Waals surface area contributed by atoms with Crippen molar-refractivity contribution in [1.29, 1.82) is 0 Å². The number of aromatic nitrogens is 2. The fourth-order valence-electron chi connectivity index (χ4n) is 2.49. The van der Waals surface area contributed by atoms with E-state index in [2.05, 4.69) is 10.3 Å². The fourth-order valence-corrected chi connectivity index (χ4v) is 2.49. The molecule has 0 aromatic carbocycles. The second-order valence-electron chi connectivity index (χ2n) is 4.46. The van der Waals surface area contributed by atoms with Crippen molar-refractivity contribution in [2.24, 2.45) is 0 Å². The summed E-state index contributed by atoms with van der Waals surface area (Å²) in [4.78, 5) is 15.4. The van der Waals surface area contributed by atoms with E-state index in [4.69, 9.17) is 0 Å². The van der Waals surface area contributed by atoms with E-state index in [-0.39, 0.29) is 0 Å². The Kier molecular flexibility index (Phi) is 2.65. The molecule has 17 heavy (non-hydrogen) atoms. The number of aldehydes is 1. The van der Waals surface area contributed by atoms with Gasteiger partial charge in [0.05, 0.1) is 17.8 Å². The quantitative estimate of drug-likeness (QED) is 0.801. The lowest BCUT2D eigenvalue weighted by Gasteiger charge is -2.22. The summed E-state index contributed by atoms with van der Waals surface area (Å²) >= 11 is 0. The summed E-state index contributed by atoms with van der Waals surface area (Å²) < 4.78 is 2.02. The maximum Gasteiger partial charge on any atom is 0.152 e. The Bertz CT molecular complexity index is 541. The van der Waals surface area contributed by atoms with Crippen LogP contribution in [0.1, 0.15) is 41.5 Å². The van der Waals surface area contributed by atoms with Gasteiger partial charge in [0, 0.05) is 11.8 Å². The van der Waals surface area contributed by atoms with E-state index in [0.717, 1.165) is 30.6 Å². The first-order chi connectivity index (χ1) is 8.40. The van der Waals surface area contributed by atoms with Crippen molar-refractivity contribution in [1.82, 2.24) is 14.7 Å². The Morgan fingerprint density at radius 2 is 2.41 bits per heavy atom. The molecule has 2 aromatic heterocycles. The average molecular weight is 229 g/mol. The first kappa shape index (κ1) is 10.5. The molecule has 4 heteroatoms. The maximum atomic E-state index is 10.9. The minimum absolute atomic E-state index is 0.313. The molecule has 88 valence electrons. The van der Waals surface area contributed by atoms with Crippen LogP contribution in [0.3, 0.4) is 0 Å². The van der Waals surface area contributed by atoms with E-state index in [1.807, 2.05) is 22.7 Å². The number of rotatable bonds is 2. The number of imidazole rings is 1. The number of piperidine rings is 1. The van der Waals surface area contributed by atoms with E-state index in [0.29, 0.717) is 11.6 Å². The van der Waals surface area contributed by atoms with Gasteiger partial charge in [-0.15, -0.1) is 0 Å². The number of carbonyl (C=O) groups is 1. The van der Waals surface area contributed by atoms with Crippen molar-refractivity contribution in [2.45, 2.75) is 25.3 Å². The Hall–Kier alpha value is -1.68. The number of hydrogen-bond donors (Lipinski definition) is 1. The molecule has 1 fully saturated rings. The highest BCUT2D eigenvalue weighted by molar-refractivity contribution is 5.85. The molecule has 3 heterocycles. The van der Waals surface area contributed by atoms with Gasteiger partial charge >= 0.3 is 0 Å². The predicted octanol–water partition coefficient (Wildman–Crippen LogP) is 1.96. The Labute approximate surface area is 99.7 Å². The van der Waals surface area contributed by atoms with Crippen molar-refractivity contribution in [3.63, 3.8) is 0 Å². The lowest BCUT2D eigenvalue weighted by atomic mass is 10.0. The first-order valence-corrected chi connectivity index (χ1v) is 6.04. The molecule has 1 aliphatic rings. The van der Waals surface area contributed by atoms with Gasteiger partial charge in [-0.05, 0) is 31.5 Å². The topological polar surface area (TPSA) is 46.4 Å². The monoisotopic (exact) mass is 229 g/mol. The summed E-state index contributed by atoms with van der Waals surface area (Å²) in [7, 11) is 0. The van der Waals surface area contributed by atoms with Crippen LogP contribution >= 0.6 is 0 Å². The van der Waals surface area contributed by atoms with Crippen LogP contribution in [0.25, 0.3) is 5.52 Å². The zero-order valence-electron chi connectivity index (χ0n) is 9.60. The van der Waals surface area contributed by atoms with E-state index >= 15 is 0 Å². The summed E-state index contributed by atoms with van der Waals surface area (Å²) in [5, 5.41) is 3.48. The summed E-state index contributed by atoms with van der Waals surface area (Å²) in [6.45, 7) is 1.05. The van der Waals surface area contributed by atoms with Crippen LogP contribution < -0.4 is 5.32 Å². The highest BCUT2D eigenvalue weighted by Crippen LogP contribution is 2.23. The normalized spacial score (nSPS) is 20.6. The smallest absolute Gasteiger partial charge is 0.152 e. The van der Waals surface area contributed by atoms with Gasteiger partial charge in [-0.25, -0.2) is 4.98 Å². The summed E-state index contributed by atoms with van der Waals surface area (Å²) in [6, 6.07) is 4.03. The van der Waals surface area contributed by atoms with Gasteiger partial charge in [0.25, 0.3) is 0 Å². The predicted molar refractivity (Wildman–Crippen MR) is 65.2 cm³/mol. The van der Waals surface area contributed by atoms with Crippen molar-refractivity contribution >= 4 is 11.8 Å². The third kappa shape index (κ3) is 1.74. The number of carbonyl (C=O) groups excluding carboxylic acids is 1. The van der Waals surface area contributed by atoms with Gasteiger partial charge in [0.1, 0.15) is 5.82 Å². The van der Waals surface area contributed by atoms with Crippen LogP contribution in [-0.2, 0) is 0 Å². The summed E-state index contributed by atoms with van der Waals surface area (Å²) in [5.74, 6) is 1.02. The molecule has 0 spiro atoms. The van der Waals surface area contributed by atoms with Crippen LogP contribution in [0.15, 0.2) is 24.5 Å². The molecule has 1 N–H and O–H groups in total. The van der Waals surface area contributed by atoms with Gasteiger partial charge in [-0.1, -0.05) is 6.42 Å². The van der Waals surface area contributed by atoms with Crippen molar-refractivity contribution < 1.29 is 4.79 Å². The van der Waals surface area contributed by atoms with Crippen LogP contribution in [0.2, 0.25) is 0 Å². The molecular formula is C13H15N3O. The number of nitrogens with zero attached hydrogens (tertiary/aromatic N) is 2. The molecule has 0 saturated carbocycles. The van der Waals surface area contributed by atoms with Crippen molar-refractivity contribution in [3.05, 3.63) is 35.9 Å². The molecule has 0 radical (unpaired) electrons. The molecule has 3 rings (SSSR count). The van der Waals surface area contributed by atoms with Crippen LogP contribution in [0, 0.1) is 0 Å². The van der Waals surface area contributed by atoms with E-state index in [1.54, 1.807) is 6.20 Å². The standard InChI is InChI=1S/C13H15N3O/c17-9-10-4-3-7-16-12(10)8-15-13(16)11-5-1-2-6-14-11/h3-4,7-9,11,14H,1-2,5-6H2. The van der Waals surface area contributed by atoms with Gasteiger partial charge in [0.15, 0.2) is 6.29 Å². The Balaban J connectivity index is 2.08. The first-order valence-electron chi connectivity index (χ1n) is 6.04. The van der Waals surface area contributed by atoms with E-state index in [9.17, 15) is 4.79 Å². The number of fused-ring (bicyclic) bond motifs is 1. The average Bonchev–Trinajstić information content (AvgIpc) is 2.83. The molecule has 1 atom stereocenters. The van der Waals surface area contributed by atoms with Crippen LogP contribution in [0.5, 0.6) is 0 Å². The second-order valence-corrected chi connectivity index (χ2v) is 4.46. The van der Waals surface area contributed by atoms with Crippen LogP contribution in [0.4, 0.5) is 0 Å². The molecule has 0 bridgehead atoms. The molecule has 0 aliphatic carbocycles. The third-order valence-corrected chi connectivity index (χ3v) is 3.38. The number of nitrogens with one attached hydrogen (secondary N) is 1. The van der Waals surface area contributed by atoms with Gasteiger partial charge in [-0.2, -0.15) is 0 Å². The van der Waals surface area contributed by atoms with Crippen molar-refractivity contribution in [3.8, 4) is 0 Å². The molecule has 4 nitrogen and oxygen atoms in total. The minimum atomic E-state index is 0.313. The van der Waals surface area contributed by atoms with Gasteiger partial charge in [-0.3, -0.25) is 4.79 Å². The van der Waals surface area contributed by atoms with E-state index < -0.39 is 0 Å². The third-order valence-electron chi connectivity index (χ3n) is 3.38. The van der Waals surface area contributed by atoms with Gasteiger partial charge in [0.2, 0.25) is 0 Å². The zero-order valence-corrected chi connectivity index (χ0v) is 9.60. The Morgan fingerprint density at radius 3 is 3.18 bits per heavy atom. The number of pyridine rings is 1. The molecular weight excluding hydrogens is 214 g/mol. The highest BCUT2D eigenvalue weighted by atomic mass is 16.1. The molecule has 1 unspecified atom stereocenters. The summed E-state index contributed by atoms with van der Waals surface area (Å²) in [5.41, 5.74) is 1.59. The molecule has 1 saturated heterocycles. The summed E-state index contributed by atoms with van der Waals surface area (Å²) in [6.07, 6.45) is 8.23. The largest absolute Gasteiger partial charge is 0.307 e. The van der Waals surface area contributed by atoms with E-state index in [1.165, 1.54) is 12.8 Å². The van der Waals surface area contributed by atoms with Gasteiger partial charge < -0.3 is 9.72 Å².